The Labute approximate surface area is 106 Å². The molecule has 3 heteroatoms. The number of nitrogens with one attached hydrogen (secondary N) is 1. The van der Waals surface area contributed by atoms with Gasteiger partial charge in [0.05, 0.1) is 7.11 Å². The number of halogens is 1. The molecule has 0 fully saturated rings. The second kappa shape index (κ2) is 5.11. The molecule has 0 aliphatic carbocycles. The normalized spacial score (nSPS) is 10.1. The van der Waals surface area contributed by atoms with Gasteiger partial charge in [-0.15, -0.1) is 0 Å². The van der Waals surface area contributed by atoms with Crippen LogP contribution in [0.15, 0.2) is 42.5 Å². The molecule has 0 aliphatic rings. The maximum Gasteiger partial charge on any atom is 0.126 e. The second-order valence-electron chi connectivity index (χ2n) is 3.68. The maximum absolute atomic E-state index is 6.03. The Bertz CT molecular complexity index is 525. The van der Waals surface area contributed by atoms with Crippen molar-refractivity contribution in [3.63, 3.8) is 0 Å². The van der Waals surface area contributed by atoms with E-state index in [4.69, 9.17) is 16.3 Å². The van der Waals surface area contributed by atoms with E-state index < -0.39 is 0 Å². The molecule has 0 heterocycles. The van der Waals surface area contributed by atoms with E-state index in [1.54, 1.807) is 7.11 Å². The molecule has 2 nitrogen and oxygen atoms in total. The van der Waals surface area contributed by atoms with Gasteiger partial charge in [-0.2, -0.15) is 0 Å². The molecule has 0 aliphatic heterocycles. The molecule has 0 spiro atoms. The van der Waals surface area contributed by atoms with Crippen molar-refractivity contribution in [2.75, 3.05) is 19.5 Å². The van der Waals surface area contributed by atoms with Gasteiger partial charge in [-0.3, -0.25) is 0 Å². The van der Waals surface area contributed by atoms with Crippen molar-refractivity contribution in [3.8, 4) is 16.9 Å². The van der Waals surface area contributed by atoms with Gasteiger partial charge in [0.2, 0.25) is 0 Å². The van der Waals surface area contributed by atoms with Crippen molar-refractivity contribution >= 4 is 17.3 Å². The first kappa shape index (κ1) is 11.8. The molecule has 0 bridgehead atoms. The van der Waals surface area contributed by atoms with Crippen LogP contribution in [-0.4, -0.2) is 14.2 Å². The zero-order valence-corrected chi connectivity index (χ0v) is 10.6. The first-order valence-corrected chi connectivity index (χ1v) is 5.74. The van der Waals surface area contributed by atoms with Crippen LogP contribution in [0.1, 0.15) is 0 Å². The highest BCUT2D eigenvalue weighted by Crippen LogP contribution is 2.33. The second-order valence-corrected chi connectivity index (χ2v) is 4.11. The van der Waals surface area contributed by atoms with E-state index in [2.05, 4.69) is 11.4 Å². The molecule has 17 heavy (non-hydrogen) atoms. The predicted octanol–water partition coefficient (Wildman–Crippen LogP) is 4.06. The summed E-state index contributed by atoms with van der Waals surface area (Å²) >= 11 is 6.03. The van der Waals surface area contributed by atoms with Gasteiger partial charge in [0.25, 0.3) is 0 Å². The molecule has 0 atom stereocenters. The Morgan fingerprint density at radius 3 is 2.65 bits per heavy atom. The van der Waals surface area contributed by atoms with Crippen LogP contribution in [0.3, 0.4) is 0 Å². The summed E-state index contributed by atoms with van der Waals surface area (Å²) < 4.78 is 5.35. The van der Waals surface area contributed by atoms with E-state index >= 15 is 0 Å². The molecule has 1 N–H and O–H groups in total. The van der Waals surface area contributed by atoms with Gasteiger partial charge in [-0.05, 0) is 35.9 Å². The summed E-state index contributed by atoms with van der Waals surface area (Å²) in [5.74, 6) is 0.822. The lowest BCUT2D eigenvalue weighted by Crippen LogP contribution is -1.90. The molecule has 0 radical (unpaired) electrons. The summed E-state index contributed by atoms with van der Waals surface area (Å²) in [5, 5.41) is 3.82. The number of hydrogen-bond acceptors (Lipinski definition) is 2. The number of methoxy groups -OCH3 is 1. The maximum atomic E-state index is 6.03. The molecule has 0 saturated carbocycles. The number of hydrogen-bond donors (Lipinski definition) is 1. The monoisotopic (exact) mass is 247 g/mol. The lowest BCUT2D eigenvalue weighted by atomic mass is 10.0. The Hall–Kier alpha value is -1.67. The topological polar surface area (TPSA) is 21.3 Å². The van der Waals surface area contributed by atoms with E-state index in [0.717, 1.165) is 22.6 Å². The third-order valence-electron chi connectivity index (χ3n) is 2.62. The van der Waals surface area contributed by atoms with Crippen molar-refractivity contribution < 1.29 is 4.74 Å². The molecule has 2 aromatic rings. The van der Waals surface area contributed by atoms with Crippen molar-refractivity contribution in [1.82, 2.24) is 0 Å². The number of rotatable bonds is 3. The average Bonchev–Trinajstić information content (AvgIpc) is 2.39. The van der Waals surface area contributed by atoms with Gasteiger partial charge >= 0.3 is 0 Å². The molecule has 2 aromatic carbocycles. The minimum absolute atomic E-state index is 0.704. The van der Waals surface area contributed by atoms with E-state index in [0.29, 0.717) is 5.02 Å². The summed E-state index contributed by atoms with van der Waals surface area (Å²) in [6, 6.07) is 13.7. The van der Waals surface area contributed by atoms with Gasteiger partial charge in [0.1, 0.15) is 5.75 Å². The molecule has 2 rings (SSSR count). The van der Waals surface area contributed by atoms with Crippen LogP contribution in [0.5, 0.6) is 5.75 Å². The average molecular weight is 248 g/mol. The lowest BCUT2D eigenvalue weighted by molar-refractivity contribution is 0.416. The third kappa shape index (κ3) is 2.53. The summed E-state index contributed by atoms with van der Waals surface area (Å²) in [7, 11) is 3.56. The Kier molecular flexibility index (Phi) is 3.55. The van der Waals surface area contributed by atoms with Gasteiger partial charge in [0.15, 0.2) is 0 Å². The quantitative estimate of drug-likeness (QED) is 0.883. The SMILES string of the molecule is CNc1cccc(-c2cc(Cl)ccc2OC)c1. The summed E-state index contributed by atoms with van der Waals surface area (Å²) in [6.07, 6.45) is 0. The Morgan fingerprint density at radius 1 is 1.12 bits per heavy atom. The van der Waals surface area contributed by atoms with Crippen molar-refractivity contribution in [1.29, 1.82) is 0 Å². The highest BCUT2D eigenvalue weighted by atomic mass is 35.5. The van der Waals surface area contributed by atoms with Gasteiger partial charge in [-0.25, -0.2) is 0 Å². The first-order valence-electron chi connectivity index (χ1n) is 5.36. The van der Waals surface area contributed by atoms with E-state index in [1.165, 1.54) is 0 Å². The van der Waals surface area contributed by atoms with E-state index in [1.807, 2.05) is 43.4 Å². The molecule has 0 unspecified atom stereocenters. The standard InChI is InChI=1S/C14H14ClNO/c1-16-12-5-3-4-10(8-12)13-9-11(15)6-7-14(13)17-2/h3-9,16H,1-2H3. The summed E-state index contributed by atoms with van der Waals surface area (Å²) in [4.78, 5) is 0. The number of anilines is 1. The molecule has 0 aromatic heterocycles. The van der Waals surface area contributed by atoms with Crippen LogP contribution in [0.4, 0.5) is 5.69 Å². The van der Waals surface area contributed by atoms with Gasteiger partial charge in [0, 0.05) is 23.3 Å². The fourth-order valence-corrected chi connectivity index (χ4v) is 1.92. The largest absolute Gasteiger partial charge is 0.496 e. The van der Waals surface area contributed by atoms with Crippen LogP contribution in [0, 0.1) is 0 Å². The zero-order chi connectivity index (χ0) is 12.3. The van der Waals surface area contributed by atoms with Crippen LogP contribution in [-0.2, 0) is 0 Å². The smallest absolute Gasteiger partial charge is 0.126 e. The predicted molar refractivity (Wildman–Crippen MR) is 73.0 cm³/mol. The molecule has 0 amide bonds. The van der Waals surface area contributed by atoms with Crippen molar-refractivity contribution in [3.05, 3.63) is 47.5 Å². The fraction of sp³-hybridized carbons (Fsp3) is 0.143. The van der Waals surface area contributed by atoms with E-state index in [9.17, 15) is 0 Å². The Balaban J connectivity index is 2.54. The van der Waals surface area contributed by atoms with Crippen LogP contribution >= 0.6 is 11.6 Å². The lowest BCUT2D eigenvalue weighted by Gasteiger charge is -2.10. The third-order valence-corrected chi connectivity index (χ3v) is 2.86. The fourth-order valence-electron chi connectivity index (χ4n) is 1.75. The number of ether oxygens (including phenoxy) is 1. The molecular weight excluding hydrogens is 234 g/mol. The van der Waals surface area contributed by atoms with Crippen molar-refractivity contribution in [2.24, 2.45) is 0 Å². The first-order chi connectivity index (χ1) is 8.24. The summed E-state index contributed by atoms with van der Waals surface area (Å²) in [5.41, 5.74) is 3.14. The van der Waals surface area contributed by atoms with Crippen LogP contribution in [0.2, 0.25) is 5.02 Å². The van der Waals surface area contributed by atoms with Gasteiger partial charge in [-0.1, -0.05) is 23.7 Å². The minimum Gasteiger partial charge on any atom is -0.496 e. The van der Waals surface area contributed by atoms with E-state index in [-0.39, 0.29) is 0 Å². The van der Waals surface area contributed by atoms with Gasteiger partial charge < -0.3 is 10.1 Å². The highest BCUT2D eigenvalue weighted by Gasteiger charge is 2.06. The molecule has 88 valence electrons. The summed E-state index contributed by atoms with van der Waals surface area (Å²) in [6.45, 7) is 0. The Morgan fingerprint density at radius 2 is 1.94 bits per heavy atom. The molecular formula is C14H14ClNO. The molecule has 0 saturated heterocycles. The van der Waals surface area contributed by atoms with Crippen molar-refractivity contribution in [2.45, 2.75) is 0 Å². The highest BCUT2D eigenvalue weighted by molar-refractivity contribution is 6.31. The van der Waals surface area contributed by atoms with Crippen LogP contribution in [0.25, 0.3) is 11.1 Å². The minimum atomic E-state index is 0.704. The van der Waals surface area contributed by atoms with Crippen LogP contribution < -0.4 is 10.1 Å². The zero-order valence-electron chi connectivity index (χ0n) is 9.83. The number of benzene rings is 2.